The van der Waals surface area contributed by atoms with Crippen LogP contribution in [0.15, 0.2) is 90.5 Å². The zero-order chi connectivity index (χ0) is 20.8. The summed E-state index contributed by atoms with van der Waals surface area (Å²) in [6.45, 7) is 0.531. The van der Waals surface area contributed by atoms with E-state index in [0.717, 1.165) is 39.9 Å². The van der Waals surface area contributed by atoms with E-state index >= 15 is 0 Å². The third-order valence-electron chi connectivity index (χ3n) is 5.24. The fraction of sp³-hybridized carbons (Fsp3) is 0.111. The molecule has 0 unspecified atom stereocenters. The number of carbonyl (C=O) groups is 1. The monoisotopic (exact) mass is 390 g/mol. The molecular formula is C27H22N2O. The highest BCUT2D eigenvalue weighted by Gasteiger charge is 2.12. The minimum Gasteiger partial charge on any atom is -0.351 e. The Morgan fingerprint density at radius 3 is 2.10 bits per heavy atom. The molecule has 4 aromatic rings. The number of hydrogen-bond donors (Lipinski definition) is 1. The minimum absolute atomic E-state index is 0.121. The molecular weight excluding hydrogens is 368 g/mol. The van der Waals surface area contributed by atoms with E-state index in [1.807, 2.05) is 54.6 Å². The van der Waals surface area contributed by atoms with Crippen molar-refractivity contribution in [2.75, 3.05) is 6.54 Å². The van der Waals surface area contributed by atoms with E-state index in [9.17, 15) is 10.1 Å². The third kappa shape index (κ3) is 4.24. The molecule has 3 nitrogen and oxygen atoms in total. The van der Waals surface area contributed by atoms with Crippen LogP contribution in [0.4, 0.5) is 0 Å². The van der Waals surface area contributed by atoms with E-state index in [2.05, 4.69) is 41.7 Å². The average Bonchev–Trinajstić information content (AvgIpc) is 2.80. The Morgan fingerprint density at radius 1 is 0.867 bits per heavy atom. The van der Waals surface area contributed by atoms with Crippen LogP contribution >= 0.6 is 0 Å². The van der Waals surface area contributed by atoms with E-state index in [4.69, 9.17) is 0 Å². The van der Waals surface area contributed by atoms with Gasteiger partial charge < -0.3 is 5.32 Å². The van der Waals surface area contributed by atoms with Gasteiger partial charge in [-0.05, 0) is 57.7 Å². The van der Waals surface area contributed by atoms with E-state index in [1.165, 1.54) is 5.56 Å². The van der Waals surface area contributed by atoms with Crippen molar-refractivity contribution in [2.24, 2.45) is 0 Å². The lowest BCUT2D eigenvalue weighted by molar-refractivity contribution is -0.117. The standard InChI is InChI=1S/C27H22N2O/c28-19-23(27(30)29-16-8-11-20-9-2-1-3-10-20)18-26-24-14-6-4-12-21(24)17-22-13-5-7-15-25(22)26/h1-7,9-10,12-15,17-18H,8,11,16H2,(H,29,30)/b23-18-. The fourth-order valence-corrected chi connectivity index (χ4v) is 3.73. The summed E-state index contributed by atoms with van der Waals surface area (Å²) in [4.78, 5) is 12.7. The Balaban J connectivity index is 1.58. The van der Waals surface area contributed by atoms with E-state index in [-0.39, 0.29) is 11.5 Å². The van der Waals surface area contributed by atoms with Crippen LogP contribution in [0.5, 0.6) is 0 Å². The molecule has 0 saturated heterocycles. The first-order valence-corrected chi connectivity index (χ1v) is 10.1. The molecule has 4 aromatic carbocycles. The summed E-state index contributed by atoms with van der Waals surface area (Å²) in [5.74, 6) is -0.331. The predicted molar refractivity (Wildman–Crippen MR) is 123 cm³/mol. The van der Waals surface area contributed by atoms with Gasteiger partial charge in [-0.2, -0.15) is 5.26 Å². The maximum Gasteiger partial charge on any atom is 0.261 e. The van der Waals surface area contributed by atoms with Gasteiger partial charge >= 0.3 is 0 Å². The molecule has 0 aliphatic rings. The van der Waals surface area contributed by atoms with Crippen molar-refractivity contribution in [2.45, 2.75) is 12.8 Å². The van der Waals surface area contributed by atoms with Gasteiger partial charge in [0.15, 0.2) is 0 Å². The Kier molecular flexibility index (Phi) is 5.87. The van der Waals surface area contributed by atoms with Crippen LogP contribution in [0.25, 0.3) is 27.6 Å². The van der Waals surface area contributed by atoms with Crippen LogP contribution in [-0.2, 0) is 11.2 Å². The second-order valence-electron chi connectivity index (χ2n) is 7.25. The molecule has 1 N–H and O–H groups in total. The molecule has 3 heteroatoms. The topological polar surface area (TPSA) is 52.9 Å². The first-order chi connectivity index (χ1) is 14.8. The molecule has 1 amide bonds. The Morgan fingerprint density at radius 2 is 1.47 bits per heavy atom. The predicted octanol–water partition coefficient (Wildman–Crippen LogP) is 5.65. The van der Waals surface area contributed by atoms with Gasteiger partial charge in [0.25, 0.3) is 5.91 Å². The highest BCUT2D eigenvalue weighted by molar-refractivity contribution is 6.11. The molecule has 4 rings (SSSR count). The Hall–Kier alpha value is -3.90. The first kappa shape index (κ1) is 19.4. The van der Waals surface area contributed by atoms with Crippen LogP contribution in [0.3, 0.4) is 0 Å². The molecule has 0 aromatic heterocycles. The molecule has 0 spiro atoms. The molecule has 0 atom stereocenters. The summed E-state index contributed by atoms with van der Waals surface area (Å²) >= 11 is 0. The SMILES string of the molecule is N#C/C(=C/c1c2ccccc2cc2ccccc12)C(=O)NCCCc1ccccc1. The van der Waals surface area contributed by atoms with Gasteiger partial charge in [0.05, 0.1) is 0 Å². The number of aryl methyl sites for hydroxylation is 1. The number of nitrogens with zero attached hydrogens (tertiary/aromatic N) is 1. The zero-order valence-electron chi connectivity index (χ0n) is 16.6. The van der Waals surface area contributed by atoms with Crippen molar-refractivity contribution in [1.82, 2.24) is 5.32 Å². The highest BCUT2D eigenvalue weighted by Crippen LogP contribution is 2.30. The number of hydrogen-bond acceptors (Lipinski definition) is 2. The van der Waals surface area contributed by atoms with Crippen LogP contribution in [-0.4, -0.2) is 12.5 Å². The van der Waals surface area contributed by atoms with Gasteiger partial charge in [0.1, 0.15) is 11.6 Å². The first-order valence-electron chi connectivity index (χ1n) is 10.1. The molecule has 0 radical (unpaired) electrons. The van der Waals surface area contributed by atoms with E-state index in [1.54, 1.807) is 6.08 Å². The summed E-state index contributed by atoms with van der Waals surface area (Å²) in [7, 11) is 0. The molecule has 0 heterocycles. The number of rotatable bonds is 6. The van der Waals surface area contributed by atoms with Crippen LogP contribution in [0.2, 0.25) is 0 Å². The number of carbonyl (C=O) groups excluding carboxylic acids is 1. The lowest BCUT2D eigenvalue weighted by Crippen LogP contribution is -2.25. The zero-order valence-corrected chi connectivity index (χ0v) is 16.6. The summed E-state index contributed by atoms with van der Waals surface area (Å²) in [6.07, 6.45) is 3.43. The van der Waals surface area contributed by atoms with Gasteiger partial charge in [-0.25, -0.2) is 0 Å². The lowest BCUT2D eigenvalue weighted by atomic mass is 9.95. The molecule has 0 saturated carbocycles. The summed E-state index contributed by atoms with van der Waals surface area (Å²) < 4.78 is 0. The number of benzene rings is 4. The summed E-state index contributed by atoms with van der Waals surface area (Å²) in [6, 6.07) is 30.5. The maximum atomic E-state index is 12.7. The van der Waals surface area contributed by atoms with Crippen molar-refractivity contribution >= 4 is 33.5 Å². The van der Waals surface area contributed by atoms with Crippen LogP contribution in [0.1, 0.15) is 17.5 Å². The molecule has 0 aliphatic heterocycles. The van der Waals surface area contributed by atoms with Gasteiger partial charge in [-0.3, -0.25) is 4.79 Å². The average molecular weight is 390 g/mol. The number of nitriles is 1. The molecule has 0 aliphatic carbocycles. The molecule has 0 bridgehead atoms. The van der Waals surface area contributed by atoms with Gasteiger partial charge in [0.2, 0.25) is 0 Å². The minimum atomic E-state index is -0.331. The van der Waals surface area contributed by atoms with Crippen molar-refractivity contribution in [3.8, 4) is 6.07 Å². The quantitative estimate of drug-likeness (QED) is 0.200. The van der Waals surface area contributed by atoms with Gasteiger partial charge in [0, 0.05) is 6.54 Å². The summed E-state index contributed by atoms with van der Waals surface area (Å²) in [5.41, 5.74) is 2.26. The van der Waals surface area contributed by atoms with Crippen molar-refractivity contribution < 1.29 is 4.79 Å². The van der Waals surface area contributed by atoms with E-state index in [0.29, 0.717) is 6.54 Å². The normalized spacial score (nSPS) is 11.4. The van der Waals surface area contributed by atoms with Crippen molar-refractivity contribution in [1.29, 1.82) is 5.26 Å². The summed E-state index contributed by atoms with van der Waals surface area (Å²) in [5, 5.41) is 16.8. The lowest BCUT2D eigenvalue weighted by Gasteiger charge is -2.09. The highest BCUT2D eigenvalue weighted by atomic mass is 16.1. The molecule has 30 heavy (non-hydrogen) atoms. The van der Waals surface area contributed by atoms with Gasteiger partial charge in [-0.15, -0.1) is 0 Å². The van der Waals surface area contributed by atoms with Crippen molar-refractivity contribution in [3.05, 3.63) is 102 Å². The largest absolute Gasteiger partial charge is 0.351 e. The van der Waals surface area contributed by atoms with Crippen molar-refractivity contribution in [3.63, 3.8) is 0 Å². The second kappa shape index (κ2) is 9.07. The Labute approximate surface area is 176 Å². The molecule has 0 fully saturated rings. The maximum absolute atomic E-state index is 12.7. The van der Waals surface area contributed by atoms with E-state index < -0.39 is 0 Å². The van der Waals surface area contributed by atoms with Crippen LogP contribution in [0, 0.1) is 11.3 Å². The second-order valence-corrected chi connectivity index (χ2v) is 7.25. The number of amides is 1. The Bertz CT molecular complexity index is 1210. The fourth-order valence-electron chi connectivity index (χ4n) is 3.73. The van der Waals surface area contributed by atoms with Gasteiger partial charge in [-0.1, -0.05) is 78.9 Å². The molecule has 146 valence electrons. The number of nitrogens with one attached hydrogen (secondary N) is 1. The smallest absolute Gasteiger partial charge is 0.261 e. The van der Waals surface area contributed by atoms with Crippen LogP contribution < -0.4 is 5.32 Å². The number of fused-ring (bicyclic) bond motifs is 2. The third-order valence-corrected chi connectivity index (χ3v) is 5.24.